The summed E-state index contributed by atoms with van der Waals surface area (Å²) in [5.41, 5.74) is -0.702. The van der Waals surface area contributed by atoms with Gasteiger partial charge in [0.25, 0.3) is 5.56 Å². The van der Waals surface area contributed by atoms with Crippen LogP contribution in [0.3, 0.4) is 0 Å². The fraction of sp³-hybridized carbons (Fsp3) is 0.375. The maximum atomic E-state index is 14.8. The van der Waals surface area contributed by atoms with Crippen LogP contribution in [0, 0.1) is 17.1 Å². The minimum absolute atomic E-state index is 0.0678. The highest BCUT2D eigenvalue weighted by atomic mass is 79.9. The van der Waals surface area contributed by atoms with Crippen LogP contribution in [0.1, 0.15) is 18.4 Å². The number of benzene rings is 1. The van der Waals surface area contributed by atoms with Crippen molar-refractivity contribution < 1.29 is 4.39 Å². The zero-order valence-corrected chi connectivity index (χ0v) is 15.8. The third-order valence-corrected chi connectivity index (χ3v) is 6.19. The Kier molecular flexibility index (Phi) is 4.89. The first-order valence-electron chi connectivity index (χ1n) is 7.36. The van der Waals surface area contributed by atoms with Crippen LogP contribution in [0.2, 0.25) is 10.0 Å². The number of hydrogen-bond donors (Lipinski definition) is 0. The van der Waals surface area contributed by atoms with Crippen LogP contribution in [0.15, 0.2) is 15.3 Å². The fourth-order valence-corrected chi connectivity index (χ4v) is 3.93. The molecule has 1 aromatic heterocycles. The summed E-state index contributed by atoms with van der Waals surface area (Å²) in [6.07, 6.45) is 1.93. The van der Waals surface area contributed by atoms with Crippen molar-refractivity contribution in [3.8, 4) is 6.07 Å². The molecule has 126 valence electrons. The molecule has 0 aliphatic carbocycles. The topological polar surface area (TPSA) is 49.0 Å². The molecule has 3 rings (SSSR count). The van der Waals surface area contributed by atoms with Crippen molar-refractivity contribution in [1.29, 1.82) is 5.26 Å². The molecular weight excluding hydrogens is 420 g/mol. The average molecular weight is 433 g/mol. The Labute approximate surface area is 156 Å². The van der Waals surface area contributed by atoms with Gasteiger partial charge in [-0.3, -0.25) is 4.79 Å². The Morgan fingerprint density at radius 2 is 2.21 bits per heavy atom. The van der Waals surface area contributed by atoms with Gasteiger partial charge in [-0.15, -0.1) is 0 Å². The van der Waals surface area contributed by atoms with Crippen molar-refractivity contribution >= 4 is 50.0 Å². The number of nitrogens with zero attached hydrogens (tertiary/aromatic N) is 3. The first kappa shape index (κ1) is 17.7. The zero-order valence-electron chi connectivity index (χ0n) is 12.7. The molecule has 1 fully saturated rings. The van der Waals surface area contributed by atoms with Gasteiger partial charge in [-0.25, -0.2) is 4.39 Å². The molecule has 0 saturated carbocycles. The van der Waals surface area contributed by atoms with Crippen molar-refractivity contribution in [3.63, 3.8) is 0 Å². The quantitative estimate of drug-likeness (QED) is 0.669. The second-order valence-corrected chi connectivity index (χ2v) is 7.45. The van der Waals surface area contributed by atoms with Crippen molar-refractivity contribution in [3.05, 3.63) is 42.3 Å². The van der Waals surface area contributed by atoms with Crippen LogP contribution < -0.4 is 5.56 Å². The lowest BCUT2D eigenvalue weighted by Gasteiger charge is -2.22. The van der Waals surface area contributed by atoms with Gasteiger partial charge in [-0.1, -0.05) is 23.2 Å². The van der Waals surface area contributed by atoms with Crippen molar-refractivity contribution in [2.75, 3.05) is 13.6 Å². The predicted molar refractivity (Wildman–Crippen MR) is 96.3 cm³/mol. The highest BCUT2D eigenvalue weighted by molar-refractivity contribution is 9.10. The van der Waals surface area contributed by atoms with Crippen LogP contribution in [0.4, 0.5) is 4.39 Å². The van der Waals surface area contributed by atoms with Crippen LogP contribution in [0.5, 0.6) is 0 Å². The third kappa shape index (κ3) is 2.74. The lowest BCUT2D eigenvalue weighted by atomic mass is 10.1. The SMILES string of the molecule is CN1CCC[C@H]1Cn1c(=O)c(C#N)c(Cl)c2cc(Cl)c(Br)c(F)c21. The van der Waals surface area contributed by atoms with E-state index in [2.05, 4.69) is 20.8 Å². The second-order valence-electron chi connectivity index (χ2n) is 5.88. The summed E-state index contributed by atoms with van der Waals surface area (Å²) in [6.45, 7) is 1.22. The molecule has 0 N–H and O–H groups in total. The van der Waals surface area contributed by atoms with Gasteiger partial charge in [-0.2, -0.15) is 5.26 Å². The average Bonchev–Trinajstić information content (AvgIpc) is 2.95. The van der Waals surface area contributed by atoms with Crippen molar-refractivity contribution in [2.24, 2.45) is 0 Å². The minimum atomic E-state index is -0.651. The Hall–Kier alpha value is -1.13. The summed E-state index contributed by atoms with van der Waals surface area (Å²) < 4.78 is 16.2. The maximum Gasteiger partial charge on any atom is 0.270 e. The number of aromatic nitrogens is 1. The van der Waals surface area contributed by atoms with Gasteiger partial charge >= 0.3 is 0 Å². The Balaban J connectivity index is 2.36. The number of hydrogen-bond acceptors (Lipinski definition) is 3. The van der Waals surface area contributed by atoms with Crippen molar-refractivity contribution in [1.82, 2.24) is 9.47 Å². The minimum Gasteiger partial charge on any atom is -0.303 e. The number of pyridine rings is 1. The Bertz CT molecular complexity index is 938. The lowest BCUT2D eigenvalue weighted by molar-refractivity contribution is 0.282. The molecule has 1 aliphatic rings. The standard InChI is InChI=1S/C16H13BrCl2FN3O/c1-22-4-2-3-8(22)7-23-15-9(5-11(18)12(17)14(15)20)13(19)10(6-21)16(23)24/h5,8H,2-4,7H2,1H3/t8-/m0/s1. The molecule has 4 nitrogen and oxygen atoms in total. The van der Waals surface area contributed by atoms with E-state index in [1.54, 1.807) is 0 Å². The van der Waals surface area contributed by atoms with Gasteiger partial charge < -0.3 is 9.47 Å². The fourth-order valence-electron chi connectivity index (χ4n) is 3.17. The first-order chi connectivity index (χ1) is 11.4. The summed E-state index contributed by atoms with van der Waals surface area (Å²) in [4.78, 5) is 14.8. The molecule has 8 heteroatoms. The van der Waals surface area contributed by atoms with Crippen LogP contribution in [0.25, 0.3) is 10.9 Å². The Morgan fingerprint density at radius 1 is 1.50 bits per heavy atom. The van der Waals surface area contributed by atoms with Gasteiger partial charge in [0.05, 0.1) is 20.0 Å². The molecule has 24 heavy (non-hydrogen) atoms. The summed E-state index contributed by atoms with van der Waals surface area (Å²) >= 11 is 15.3. The van der Waals surface area contributed by atoms with E-state index >= 15 is 0 Å². The van der Waals surface area contributed by atoms with Gasteiger partial charge in [0.15, 0.2) is 5.82 Å². The molecule has 0 amide bonds. The van der Waals surface area contributed by atoms with Crippen LogP contribution in [-0.4, -0.2) is 29.1 Å². The largest absolute Gasteiger partial charge is 0.303 e. The molecule has 2 heterocycles. The molecule has 0 bridgehead atoms. The molecular formula is C16H13BrCl2FN3O. The lowest BCUT2D eigenvalue weighted by Crippen LogP contribution is -2.35. The molecule has 1 atom stereocenters. The van der Waals surface area contributed by atoms with Crippen molar-refractivity contribution in [2.45, 2.75) is 25.4 Å². The summed E-state index contributed by atoms with van der Waals surface area (Å²) in [5, 5.41) is 9.62. The van der Waals surface area contributed by atoms with E-state index in [1.165, 1.54) is 10.6 Å². The summed E-state index contributed by atoms with van der Waals surface area (Å²) in [7, 11) is 1.97. The highest BCUT2D eigenvalue weighted by Gasteiger charge is 2.26. The molecule has 1 aliphatic heterocycles. The normalized spacial score (nSPS) is 18.2. The predicted octanol–water partition coefficient (Wildman–Crippen LogP) is 4.18. The summed E-state index contributed by atoms with van der Waals surface area (Å²) in [5.74, 6) is -0.651. The number of fused-ring (bicyclic) bond motifs is 1. The number of nitriles is 1. The molecule has 0 unspecified atom stereocenters. The maximum absolute atomic E-state index is 14.8. The number of rotatable bonds is 2. The van der Waals surface area contributed by atoms with E-state index < -0.39 is 11.4 Å². The molecule has 1 saturated heterocycles. The molecule has 1 aromatic carbocycles. The van der Waals surface area contributed by atoms with Crippen LogP contribution >= 0.6 is 39.1 Å². The van der Waals surface area contributed by atoms with Crippen LogP contribution in [-0.2, 0) is 6.54 Å². The molecule has 0 radical (unpaired) electrons. The molecule has 0 spiro atoms. The number of halogens is 4. The van der Waals surface area contributed by atoms with E-state index in [1.807, 2.05) is 13.1 Å². The third-order valence-electron chi connectivity index (χ3n) is 4.50. The Morgan fingerprint density at radius 3 is 2.79 bits per heavy atom. The second kappa shape index (κ2) is 6.64. The van der Waals surface area contributed by atoms with Gasteiger partial charge in [0, 0.05) is 18.0 Å². The van der Waals surface area contributed by atoms with Gasteiger partial charge in [-0.05, 0) is 48.4 Å². The zero-order chi connectivity index (χ0) is 17.6. The monoisotopic (exact) mass is 431 g/mol. The number of likely N-dealkylation sites (N-methyl/N-ethyl adjacent to an activating group) is 1. The van der Waals surface area contributed by atoms with E-state index in [0.29, 0.717) is 6.54 Å². The van der Waals surface area contributed by atoms with E-state index in [-0.39, 0.29) is 37.0 Å². The smallest absolute Gasteiger partial charge is 0.270 e. The van der Waals surface area contributed by atoms with E-state index in [9.17, 15) is 14.4 Å². The van der Waals surface area contributed by atoms with Gasteiger partial charge in [0.2, 0.25) is 0 Å². The summed E-state index contributed by atoms with van der Waals surface area (Å²) in [6, 6.07) is 3.41. The van der Waals surface area contributed by atoms with Gasteiger partial charge in [0.1, 0.15) is 11.6 Å². The van der Waals surface area contributed by atoms with E-state index in [0.717, 1.165) is 19.4 Å². The highest BCUT2D eigenvalue weighted by Crippen LogP contribution is 2.36. The van der Waals surface area contributed by atoms with E-state index in [4.69, 9.17) is 23.2 Å². The molecule has 2 aromatic rings. The number of likely N-dealkylation sites (tertiary alicyclic amines) is 1. The first-order valence-corrected chi connectivity index (χ1v) is 8.91.